The van der Waals surface area contributed by atoms with Gasteiger partial charge in [-0.3, -0.25) is 15.1 Å². The molecule has 0 saturated carbocycles. The highest BCUT2D eigenvalue weighted by Crippen LogP contribution is 2.39. The van der Waals surface area contributed by atoms with E-state index in [0.717, 1.165) is 11.3 Å². The topological polar surface area (TPSA) is 80.1 Å². The SMILES string of the molecule is CNc1cccnc1-c1c(-c2ccc(F)cc2)noc1NC(=O)CCc1ccccc1. The standard InChI is InChI=1S/C24H21FN4O2/c1-26-19-8-5-15-27-23(19)21-22(17-10-12-18(25)13-11-17)29-31-24(21)28-20(30)14-9-16-6-3-2-4-7-16/h2-8,10-13,15,26H,9,14H2,1H3,(H,28,30). The molecular weight excluding hydrogens is 395 g/mol. The van der Waals surface area contributed by atoms with Crippen LogP contribution in [0.1, 0.15) is 12.0 Å². The average Bonchev–Trinajstić information content (AvgIpc) is 3.22. The van der Waals surface area contributed by atoms with Gasteiger partial charge in [-0.15, -0.1) is 0 Å². The molecule has 0 fully saturated rings. The summed E-state index contributed by atoms with van der Waals surface area (Å²) >= 11 is 0. The molecule has 0 aliphatic rings. The number of halogens is 1. The molecule has 0 bridgehead atoms. The smallest absolute Gasteiger partial charge is 0.241 e. The molecule has 0 atom stereocenters. The normalized spacial score (nSPS) is 10.6. The van der Waals surface area contributed by atoms with E-state index >= 15 is 0 Å². The molecule has 4 rings (SSSR count). The molecule has 0 spiro atoms. The number of aryl methyl sites for hydroxylation is 1. The largest absolute Gasteiger partial charge is 0.386 e. The molecule has 0 aliphatic carbocycles. The van der Waals surface area contributed by atoms with E-state index in [-0.39, 0.29) is 24.0 Å². The third-order valence-electron chi connectivity index (χ3n) is 4.86. The number of benzene rings is 2. The van der Waals surface area contributed by atoms with Gasteiger partial charge in [-0.2, -0.15) is 0 Å². The molecule has 2 aromatic heterocycles. The van der Waals surface area contributed by atoms with Gasteiger partial charge >= 0.3 is 0 Å². The van der Waals surface area contributed by atoms with Gasteiger partial charge < -0.3 is 9.84 Å². The van der Waals surface area contributed by atoms with Crippen molar-refractivity contribution < 1.29 is 13.7 Å². The van der Waals surface area contributed by atoms with Crippen LogP contribution in [0.15, 0.2) is 77.4 Å². The van der Waals surface area contributed by atoms with E-state index in [1.807, 2.05) is 36.4 Å². The fourth-order valence-electron chi connectivity index (χ4n) is 3.30. The van der Waals surface area contributed by atoms with E-state index in [0.29, 0.717) is 28.9 Å². The summed E-state index contributed by atoms with van der Waals surface area (Å²) in [6.45, 7) is 0. The van der Waals surface area contributed by atoms with Gasteiger partial charge in [0.05, 0.1) is 11.3 Å². The van der Waals surface area contributed by atoms with Crippen LogP contribution in [0.5, 0.6) is 0 Å². The Balaban J connectivity index is 1.67. The van der Waals surface area contributed by atoms with Crippen molar-refractivity contribution in [1.29, 1.82) is 0 Å². The number of hydrogen-bond acceptors (Lipinski definition) is 5. The van der Waals surface area contributed by atoms with Crippen molar-refractivity contribution >= 4 is 17.5 Å². The molecule has 6 nitrogen and oxygen atoms in total. The van der Waals surface area contributed by atoms with Crippen LogP contribution in [0.3, 0.4) is 0 Å². The lowest BCUT2D eigenvalue weighted by atomic mass is 10.0. The van der Waals surface area contributed by atoms with E-state index in [1.165, 1.54) is 12.1 Å². The Bertz CT molecular complexity index is 1170. The molecular formula is C24H21FN4O2. The van der Waals surface area contributed by atoms with E-state index in [9.17, 15) is 9.18 Å². The number of carbonyl (C=O) groups is 1. The summed E-state index contributed by atoms with van der Waals surface area (Å²) in [6, 6.07) is 19.4. The molecule has 31 heavy (non-hydrogen) atoms. The minimum Gasteiger partial charge on any atom is -0.386 e. The summed E-state index contributed by atoms with van der Waals surface area (Å²) in [5.41, 5.74) is 4.04. The molecule has 7 heteroatoms. The molecule has 4 aromatic rings. The zero-order valence-corrected chi connectivity index (χ0v) is 16.9. The highest BCUT2D eigenvalue weighted by atomic mass is 19.1. The first-order valence-electron chi connectivity index (χ1n) is 9.88. The Labute approximate surface area is 179 Å². The second-order valence-electron chi connectivity index (χ2n) is 6.93. The summed E-state index contributed by atoms with van der Waals surface area (Å²) < 4.78 is 18.9. The van der Waals surface area contributed by atoms with Crippen molar-refractivity contribution in [3.8, 4) is 22.5 Å². The maximum Gasteiger partial charge on any atom is 0.241 e. The van der Waals surface area contributed by atoms with Crippen LogP contribution < -0.4 is 10.6 Å². The Morgan fingerprint density at radius 3 is 2.52 bits per heavy atom. The molecule has 1 amide bonds. The van der Waals surface area contributed by atoms with Gasteiger partial charge in [0.1, 0.15) is 17.2 Å². The second kappa shape index (κ2) is 9.21. The van der Waals surface area contributed by atoms with Crippen LogP contribution in [0.2, 0.25) is 0 Å². The van der Waals surface area contributed by atoms with Crippen molar-refractivity contribution in [2.45, 2.75) is 12.8 Å². The Morgan fingerprint density at radius 1 is 1.00 bits per heavy atom. The van der Waals surface area contributed by atoms with Crippen molar-refractivity contribution in [2.75, 3.05) is 17.7 Å². The number of rotatable bonds is 7. The van der Waals surface area contributed by atoms with Crippen molar-refractivity contribution in [2.24, 2.45) is 0 Å². The first kappa shape index (κ1) is 20.3. The number of pyridine rings is 1. The molecule has 156 valence electrons. The summed E-state index contributed by atoms with van der Waals surface area (Å²) in [5.74, 6) is -0.349. The fraction of sp³-hybridized carbons (Fsp3) is 0.125. The summed E-state index contributed by atoms with van der Waals surface area (Å²) in [6.07, 6.45) is 2.54. The lowest BCUT2D eigenvalue weighted by Gasteiger charge is -2.10. The Hall–Kier alpha value is -4.00. The third-order valence-corrected chi connectivity index (χ3v) is 4.86. The number of hydrogen-bond donors (Lipinski definition) is 2. The van der Waals surface area contributed by atoms with Crippen LogP contribution in [-0.4, -0.2) is 23.1 Å². The number of anilines is 2. The number of amides is 1. The summed E-state index contributed by atoms with van der Waals surface area (Å²) in [5, 5.41) is 10.1. The highest BCUT2D eigenvalue weighted by molar-refractivity contribution is 5.98. The van der Waals surface area contributed by atoms with Crippen LogP contribution >= 0.6 is 0 Å². The van der Waals surface area contributed by atoms with Crippen LogP contribution in [0.4, 0.5) is 16.0 Å². The van der Waals surface area contributed by atoms with Gasteiger partial charge in [0, 0.05) is 25.2 Å². The lowest BCUT2D eigenvalue weighted by molar-refractivity contribution is -0.116. The van der Waals surface area contributed by atoms with E-state index in [4.69, 9.17) is 4.52 Å². The predicted molar refractivity (Wildman–Crippen MR) is 118 cm³/mol. The lowest BCUT2D eigenvalue weighted by Crippen LogP contribution is -2.12. The predicted octanol–water partition coefficient (Wildman–Crippen LogP) is 5.16. The minimum absolute atomic E-state index is 0.200. The van der Waals surface area contributed by atoms with Crippen LogP contribution in [0.25, 0.3) is 22.5 Å². The van der Waals surface area contributed by atoms with Gasteiger partial charge in [-0.1, -0.05) is 35.5 Å². The van der Waals surface area contributed by atoms with Gasteiger partial charge in [0.15, 0.2) is 0 Å². The van der Waals surface area contributed by atoms with E-state index < -0.39 is 0 Å². The zero-order chi connectivity index (χ0) is 21.6. The Morgan fingerprint density at radius 2 is 1.77 bits per heavy atom. The van der Waals surface area contributed by atoms with E-state index in [2.05, 4.69) is 20.8 Å². The maximum absolute atomic E-state index is 13.4. The number of nitrogens with zero attached hydrogens (tertiary/aromatic N) is 2. The molecule has 2 aromatic carbocycles. The number of carbonyl (C=O) groups excluding carboxylic acids is 1. The number of aromatic nitrogens is 2. The Kier molecular flexibility index (Phi) is 6.03. The quantitative estimate of drug-likeness (QED) is 0.435. The van der Waals surface area contributed by atoms with Gasteiger partial charge in [-0.05, 0) is 48.4 Å². The zero-order valence-electron chi connectivity index (χ0n) is 16.9. The molecule has 0 saturated heterocycles. The van der Waals surface area contributed by atoms with Crippen molar-refractivity contribution in [1.82, 2.24) is 10.1 Å². The highest BCUT2D eigenvalue weighted by Gasteiger charge is 2.24. The van der Waals surface area contributed by atoms with Gasteiger partial charge in [0.25, 0.3) is 0 Å². The second-order valence-corrected chi connectivity index (χ2v) is 6.93. The molecule has 0 aliphatic heterocycles. The van der Waals surface area contributed by atoms with Gasteiger partial charge in [-0.25, -0.2) is 4.39 Å². The fourth-order valence-corrected chi connectivity index (χ4v) is 3.30. The first-order valence-corrected chi connectivity index (χ1v) is 9.88. The molecule has 0 radical (unpaired) electrons. The maximum atomic E-state index is 13.4. The van der Waals surface area contributed by atoms with Crippen LogP contribution in [-0.2, 0) is 11.2 Å². The van der Waals surface area contributed by atoms with Gasteiger partial charge in [0.2, 0.25) is 11.8 Å². The molecule has 2 N–H and O–H groups in total. The monoisotopic (exact) mass is 416 g/mol. The first-order chi connectivity index (χ1) is 15.2. The molecule has 0 unspecified atom stereocenters. The minimum atomic E-state index is -0.350. The van der Waals surface area contributed by atoms with Crippen molar-refractivity contribution in [3.05, 3.63) is 84.3 Å². The third kappa shape index (κ3) is 4.61. The van der Waals surface area contributed by atoms with Crippen LogP contribution in [0, 0.1) is 5.82 Å². The molecule has 2 heterocycles. The summed E-state index contributed by atoms with van der Waals surface area (Å²) in [4.78, 5) is 17.1. The van der Waals surface area contributed by atoms with E-state index in [1.54, 1.807) is 31.4 Å². The average molecular weight is 416 g/mol. The number of nitrogens with one attached hydrogen (secondary N) is 2. The summed E-state index contributed by atoms with van der Waals surface area (Å²) in [7, 11) is 1.78. The van der Waals surface area contributed by atoms with Crippen molar-refractivity contribution in [3.63, 3.8) is 0 Å².